The summed E-state index contributed by atoms with van der Waals surface area (Å²) in [7, 11) is -3.73. The molecule has 0 aliphatic heterocycles. The number of carboxylic acid groups (broad SMARTS) is 1. The minimum Gasteiger partial charge on any atom is -0.796 e. The summed E-state index contributed by atoms with van der Waals surface area (Å²) >= 11 is 0. The van der Waals surface area contributed by atoms with Crippen molar-refractivity contribution in [1.82, 2.24) is 0 Å². The summed E-state index contributed by atoms with van der Waals surface area (Å²) in [5.41, 5.74) is 0. The van der Waals surface area contributed by atoms with Gasteiger partial charge in [-0.2, -0.15) is 0 Å². The quantitative estimate of drug-likeness (QED) is 0.460. The molecule has 4 nitrogen and oxygen atoms in total. The number of hydrogen-bond acceptors (Lipinski definition) is 3. The van der Waals surface area contributed by atoms with Crippen LogP contribution in [-0.4, -0.2) is 17.2 Å². The van der Waals surface area contributed by atoms with Gasteiger partial charge < -0.3 is 14.6 Å². The van der Waals surface area contributed by atoms with Gasteiger partial charge >= 0.3 is 35.5 Å². The van der Waals surface area contributed by atoms with Gasteiger partial charge in [0.1, 0.15) is 0 Å². The van der Waals surface area contributed by atoms with E-state index in [0.29, 0.717) is 0 Å². The zero-order chi connectivity index (χ0) is 10.6. The van der Waals surface area contributed by atoms with Gasteiger partial charge in [0, 0.05) is 13.5 Å². The van der Waals surface area contributed by atoms with Crippen LogP contribution in [0.15, 0.2) is 30.3 Å². The van der Waals surface area contributed by atoms with Crippen LogP contribution in [0.25, 0.3) is 0 Å². The van der Waals surface area contributed by atoms with E-state index in [0.717, 1.165) is 0 Å². The fraction of sp³-hybridized carbons (Fsp3) is 0.222. The Hall–Kier alpha value is -0.120. The van der Waals surface area contributed by atoms with Crippen LogP contribution in [-0.2, 0) is 9.36 Å². The van der Waals surface area contributed by atoms with Crippen LogP contribution < -0.4 is 39.8 Å². The second-order valence-corrected chi connectivity index (χ2v) is 5.19. The third-order valence-electron chi connectivity index (χ3n) is 1.77. The normalized spacial score (nSPS) is 13.7. The Kier molecular flexibility index (Phi) is 6.41. The largest absolute Gasteiger partial charge is 1.00 e. The molecule has 0 heterocycles. The molecule has 0 amide bonds. The van der Waals surface area contributed by atoms with E-state index in [9.17, 15) is 14.3 Å². The molecule has 1 aromatic carbocycles. The Labute approximate surface area is 110 Å². The summed E-state index contributed by atoms with van der Waals surface area (Å²) in [6.07, 6.45) is -0.679. The first kappa shape index (κ1) is 14.9. The maximum Gasteiger partial charge on any atom is 1.00 e. The first-order chi connectivity index (χ1) is 6.52. The van der Waals surface area contributed by atoms with E-state index < -0.39 is 13.3 Å². The summed E-state index contributed by atoms with van der Waals surface area (Å²) in [6, 6.07) is 7.87. The van der Waals surface area contributed by atoms with E-state index in [4.69, 9.17) is 5.11 Å². The number of aliphatic carboxylic acids is 1. The molecular formula is C9H10NaO4P. The van der Waals surface area contributed by atoms with Gasteiger partial charge in [0.2, 0.25) is 0 Å². The minimum absolute atomic E-state index is 0. The van der Waals surface area contributed by atoms with Gasteiger partial charge in [0.25, 0.3) is 0 Å². The molecule has 1 aromatic rings. The van der Waals surface area contributed by atoms with E-state index in [1.165, 1.54) is 12.1 Å². The number of rotatable bonds is 4. The van der Waals surface area contributed by atoms with Crippen molar-refractivity contribution in [2.24, 2.45) is 0 Å². The van der Waals surface area contributed by atoms with E-state index >= 15 is 0 Å². The summed E-state index contributed by atoms with van der Waals surface area (Å²) in [4.78, 5) is 21.7. The molecule has 1 N–H and O–H groups in total. The number of benzene rings is 1. The maximum atomic E-state index is 11.5. The van der Waals surface area contributed by atoms with Crippen LogP contribution in [0.2, 0.25) is 0 Å². The standard InChI is InChI=1S/C9H11O4P.Na/c10-9(11)6-7-14(12,13)8-4-2-1-3-5-8;/h1-5H,6-7H2,(H,10,11)(H,12,13);/q;+1/p-1. The monoisotopic (exact) mass is 236 g/mol. The predicted molar refractivity (Wildman–Crippen MR) is 50.8 cm³/mol. The molecular weight excluding hydrogens is 226 g/mol. The topological polar surface area (TPSA) is 77.4 Å². The van der Waals surface area contributed by atoms with Crippen molar-refractivity contribution in [3.05, 3.63) is 30.3 Å². The smallest absolute Gasteiger partial charge is 0.796 e. The third-order valence-corrected chi connectivity index (χ3v) is 3.67. The molecule has 15 heavy (non-hydrogen) atoms. The van der Waals surface area contributed by atoms with Gasteiger partial charge in [-0.15, -0.1) is 0 Å². The molecule has 0 spiro atoms. The van der Waals surface area contributed by atoms with Crippen molar-refractivity contribution < 1.29 is 48.9 Å². The van der Waals surface area contributed by atoms with E-state index in [1.807, 2.05) is 0 Å². The number of hydrogen-bond donors (Lipinski definition) is 1. The summed E-state index contributed by atoms with van der Waals surface area (Å²) in [6.45, 7) is 0. The zero-order valence-corrected chi connectivity index (χ0v) is 11.3. The van der Waals surface area contributed by atoms with Crippen molar-refractivity contribution in [3.8, 4) is 0 Å². The van der Waals surface area contributed by atoms with Crippen molar-refractivity contribution in [2.75, 3.05) is 6.16 Å². The average molecular weight is 236 g/mol. The minimum atomic E-state index is -3.73. The van der Waals surface area contributed by atoms with Crippen LogP contribution in [0.4, 0.5) is 0 Å². The first-order valence-corrected chi connectivity index (χ1v) is 5.91. The van der Waals surface area contributed by atoms with E-state index in [1.54, 1.807) is 18.2 Å². The van der Waals surface area contributed by atoms with Gasteiger partial charge in [-0.3, -0.25) is 4.79 Å². The zero-order valence-electron chi connectivity index (χ0n) is 8.42. The molecule has 1 rings (SSSR count). The molecule has 0 bridgehead atoms. The van der Waals surface area contributed by atoms with Gasteiger partial charge in [0.15, 0.2) is 0 Å². The van der Waals surface area contributed by atoms with E-state index in [2.05, 4.69) is 0 Å². The third kappa shape index (κ3) is 4.96. The van der Waals surface area contributed by atoms with Gasteiger partial charge in [-0.25, -0.2) is 0 Å². The van der Waals surface area contributed by atoms with Crippen LogP contribution in [0.1, 0.15) is 6.42 Å². The number of carboxylic acids is 1. The Morgan fingerprint density at radius 3 is 2.33 bits per heavy atom. The first-order valence-electron chi connectivity index (χ1n) is 4.10. The van der Waals surface area contributed by atoms with Crippen LogP contribution in [0.5, 0.6) is 0 Å². The van der Waals surface area contributed by atoms with Crippen LogP contribution >= 0.6 is 7.37 Å². The molecule has 0 saturated carbocycles. The van der Waals surface area contributed by atoms with Gasteiger partial charge in [0.05, 0.1) is 6.42 Å². The fourth-order valence-corrected chi connectivity index (χ4v) is 2.40. The van der Waals surface area contributed by atoms with Crippen molar-refractivity contribution in [3.63, 3.8) is 0 Å². The molecule has 1 atom stereocenters. The Morgan fingerprint density at radius 2 is 1.87 bits per heavy atom. The van der Waals surface area contributed by atoms with E-state index in [-0.39, 0.29) is 47.4 Å². The van der Waals surface area contributed by atoms with Crippen LogP contribution in [0, 0.1) is 0 Å². The molecule has 76 valence electrons. The fourth-order valence-electron chi connectivity index (χ4n) is 1.03. The molecule has 0 fully saturated rings. The Morgan fingerprint density at radius 1 is 1.33 bits per heavy atom. The Balaban J connectivity index is 0.00000196. The summed E-state index contributed by atoms with van der Waals surface area (Å²) in [5.74, 6) is -1.10. The maximum absolute atomic E-state index is 11.5. The molecule has 1 unspecified atom stereocenters. The predicted octanol–water partition coefficient (Wildman–Crippen LogP) is -2.57. The average Bonchev–Trinajstić information content (AvgIpc) is 2.16. The second-order valence-electron chi connectivity index (χ2n) is 2.88. The number of carbonyl (C=O) groups is 1. The molecule has 0 saturated heterocycles. The summed E-state index contributed by atoms with van der Waals surface area (Å²) in [5, 5.41) is 8.56. The van der Waals surface area contributed by atoms with Crippen molar-refractivity contribution >= 4 is 18.6 Å². The Bertz CT molecular complexity index is 366. The van der Waals surface area contributed by atoms with Gasteiger partial charge in [-0.1, -0.05) is 30.3 Å². The van der Waals surface area contributed by atoms with Crippen molar-refractivity contribution in [1.29, 1.82) is 0 Å². The molecule has 0 aliphatic carbocycles. The molecule has 0 radical (unpaired) electrons. The second kappa shape index (κ2) is 6.46. The van der Waals surface area contributed by atoms with Gasteiger partial charge in [-0.05, 0) is 5.30 Å². The molecule has 0 aliphatic rings. The molecule has 0 aromatic heterocycles. The SMILES string of the molecule is O=C(O)CCP(=O)([O-])c1ccccc1.[Na+]. The summed E-state index contributed by atoms with van der Waals surface area (Å²) < 4.78 is 11.5. The van der Waals surface area contributed by atoms with Crippen LogP contribution in [0.3, 0.4) is 0 Å². The van der Waals surface area contributed by atoms with Crippen molar-refractivity contribution in [2.45, 2.75) is 6.42 Å². The molecule has 6 heteroatoms.